The van der Waals surface area contributed by atoms with E-state index in [1.54, 1.807) is 30.3 Å². The van der Waals surface area contributed by atoms with Gasteiger partial charge >= 0.3 is 5.97 Å². The third-order valence-corrected chi connectivity index (χ3v) is 4.47. The monoisotopic (exact) mass is 399 g/mol. The van der Waals surface area contributed by atoms with Crippen LogP contribution in [0, 0.1) is 6.92 Å². The maximum atomic E-state index is 12.6. The molecule has 9 nitrogen and oxygen atoms in total. The van der Waals surface area contributed by atoms with Gasteiger partial charge in [0.1, 0.15) is 5.69 Å². The Hall–Kier alpha value is -3.04. The molecular formula is C20H25N5O4. The van der Waals surface area contributed by atoms with Crippen LogP contribution in [-0.4, -0.2) is 73.2 Å². The van der Waals surface area contributed by atoms with E-state index in [2.05, 4.69) is 30.2 Å². The van der Waals surface area contributed by atoms with Gasteiger partial charge in [-0.05, 0) is 37.3 Å². The van der Waals surface area contributed by atoms with E-state index in [1.807, 2.05) is 6.92 Å². The molecule has 3 rings (SSSR count). The van der Waals surface area contributed by atoms with Crippen LogP contribution >= 0.6 is 0 Å². The Kier molecular flexibility index (Phi) is 7.09. The summed E-state index contributed by atoms with van der Waals surface area (Å²) >= 11 is 0. The standard InChI is InChI=1S/C20H25N5O4/c1-14-13-17(18(26)23-16-5-3-15(4-6-16)19(27)28-2)24-20(22-14)21-7-8-25-9-11-29-12-10-25/h3-6,13H,7-12H2,1-2H3,(H,23,26)(H,21,22,24). The highest BCUT2D eigenvalue weighted by molar-refractivity contribution is 6.03. The molecule has 154 valence electrons. The summed E-state index contributed by atoms with van der Waals surface area (Å²) in [6, 6.07) is 8.08. The van der Waals surface area contributed by atoms with E-state index < -0.39 is 5.97 Å². The van der Waals surface area contributed by atoms with Gasteiger partial charge in [-0.15, -0.1) is 0 Å². The number of morpholine rings is 1. The van der Waals surface area contributed by atoms with Crippen molar-refractivity contribution in [2.75, 3.05) is 57.1 Å². The zero-order valence-electron chi connectivity index (χ0n) is 16.6. The van der Waals surface area contributed by atoms with Crippen molar-refractivity contribution in [2.45, 2.75) is 6.92 Å². The van der Waals surface area contributed by atoms with Crippen molar-refractivity contribution in [3.63, 3.8) is 0 Å². The fourth-order valence-electron chi connectivity index (χ4n) is 2.92. The number of amides is 1. The van der Waals surface area contributed by atoms with E-state index >= 15 is 0 Å². The van der Waals surface area contributed by atoms with Gasteiger partial charge in [0, 0.05) is 37.6 Å². The second kappa shape index (κ2) is 9.94. The Bertz CT molecular complexity index is 850. The number of aryl methyl sites for hydroxylation is 1. The molecule has 1 amide bonds. The van der Waals surface area contributed by atoms with Gasteiger partial charge in [0.25, 0.3) is 5.91 Å². The molecule has 1 fully saturated rings. The lowest BCUT2D eigenvalue weighted by atomic mass is 10.2. The summed E-state index contributed by atoms with van der Waals surface area (Å²) < 4.78 is 10.0. The van der Waals surface area contributed by atoms with Gasteiger partial charge in [-0.2, -0.15) is 0 Å². The predicted molar refractivity (Wildman–Crippen MR) is 108 cm³/mol. The first-order chi connectivity index (χ1) is 14.0. The molecule has 0 aliphatic carbocycles. The maximum absolute atomic E-state index is 12.6. The minimum atomic E-state index is -0.429. The van der Waals surface area contributed by atoms with Crippen LogP contribution in [0.2, 0.25) is 0 Å². The Morgan fingerprint density at radius 3 is 2.59 bits per heavy atom. The highest BCUT2D eigenvalue weighted by atomic mass is 16.5. The number of esters is 1. The first-order valence-electron chi connectivity index (χ1n) is 9.44. The molecule has 0 radical (unpaired) electrons. The van der Waals surface area contributed by atoms with Gasteiger partial charge in [-0.3, -0.25) is 9.69 Å². The summed E-state index contributed by atoms with van der Waals surface area (Å²) in [5.41, 5.74) is 1.93. The van der Waals surface area contributed by atoms with Gasteiger partial charge in [-0.1, -0.05) is 0 Å². The Labute approximate surface area is 169 Å². The van der Waals surface area contributed by atoms with Crippen LogP contribution in [0.3, 0.4) is 0 Å². The molecule has 0 bridgehead atoms. The van der Waals surface area contributed by atoms with E-state index in [9.17, 15) is 9.59 Å². The lowest BCUT2D eigenvalue weighted by Gasteiger charge is -2.26. The van der Waals surface area contributed by atoms with Crippen molar-refractivity contribution < 1.29 is 19.1 Å². The lowest BCUT2D eigenvalue weighted by molar-refractivity contribution is 0.0398. The molecule has 0 unspecified atom stereocenters. The molecule has 29 heavy (non-hydrogen) atoms. The average Bonchev–Trinajstić information content (AvgIpc) is 2.74. The van der Waals surface area contributed by atoms with E-state index in [1.165, 1.54) is 7.11 Å². The Morgan fingerprint density at radius 2 is 1.90 bits per heavy atom. The van der Waals surface area contributed by atoms with Crippen molar-refractivity contribution >= 4 is 23.5 Å². The van der Waals surface area contributed by atoms with Crippen LogP contribution in [0.1, 0.15) is 26.5 Å². The quantitative estimate of drug-likeness (QED) is 0.676. The number of anilines is 2. The summed E-state index contributed by atoms with van der Waals surface area (Å²) in [4.78, 5) is 35.0. The first-order valence-corrected chi connectivity index (χ1v) is 9.44. The summed E-state index contributed by atoms with van der Waals surface area (Å²) in [7, 11) is 1.32. The smallest absolute Gasteiger partial charge is 0.337 e. The Morgan fingerprint density at radius 1 is 1.17 bits per heavy atom. The van der Waals surface area contributed by atoms with Gasteiger partial charge < -0.3 is 20.1 Å². The minimum Gasteiger partial charge on any atom is -0.465 e. The summed E-state index contributed by atoms with van der Waals surface area (Å²) in [6.07, 6.45) is 0. The van der Waals surface area contributed by atoms with Crippen molar-refractivity contribution in [2.24, 2.45) is 0 Å². The Balaban J connectivity index is 1.59. The summed E-state index contributed by atoms with van der Waals surface area (Å²) in [5, 5.41) is 5.96. The number of ether oxygens (including phenoxy) is 2. The number of rotatable bonds is 7. The number of nitrogens with one attached hydrogen (secondary N) is 2. The van der Waals surface area contributed by atoms with Crippen LogP contribution in [-0.2, 0) is 9.47 Å². The van der Waals surface area contributed by atoms with Gasteiger partial charge in [-0.25, -0.2) is 14.8 Å². The maximum Gasteiger partial charge on any atom is 0.337 e. The van der Waals surface area contributed by atoms with Gasteiger partial charge in [0.2, 0.25) is 5.95 Å². The summed E-state index contributed by atoms with van der Waals surface area (Å²) in [5.74, 6) is -0.357. The number of aromatic nitrogens is 2. The molecular weight excluding hydrogens is 374 g/mol. The van der Waals surface area contributed by atoms with Crippen molar-refractivity contribution in [3.05, 3.63) is 47.3 Å². The van der Waals surface area contributed by atoms with E-state index in [4.69, 9.17) is 4.74 Å². The molecule has 0 spiro atoms. The highest BCUT2D eigenvalue weighted by Gasteiger charge is 2.13. The van der Waals surface area contributed by atoms with E-state index in [0.717, 1.165) is 32.8 Å². The molecule has 1 aromatic heterocycles. The molecule has 2 N–H and O–H groups in total. The molecule has 2 heterocycles. The first kappa shape index (κ1) is 20.7. The van der Waals surface area contributed by atoms with Crippen LogP contribution < -0.4 is 10.6 Å². The van der Waals surface area contributed by atoms with E-state index in [-0.39, 0.29) is 11.6 Å². The second-order valence-electron chi connectivity index (χ2n) is 6.62. The molecule has 2 aromatic rings. The predicted octanol–water partition coefficient (Wildman–Crippen LogP) is 1.57. The van der Waals surface area contributed by atoms with Crippen molar-refractivity contribution in [1.29, 1.82) is 0 Å². The number of benzene rings is 1. The van der Waals surface area contributed by atoms with Crippen LogP contribution in [0.25, 0.3) is 0 Å². The third-order valence-electron chi connectivity index (χ3n) is 4.47. The lowest BCUT2D eigenvalue weighted by Crippen LogP contribution is -2.39. The van der Waals surface area contributed by atoms with E-state index in [0.29, 0.717) is 29.4 Å². The highest BCUT2D eigenvalue weighted by Crippen LogP contribution is 2.13. The van der Waals surface area contributed by atoms with Crippen molar-refractivity contribution in [3.8, 4) is 0 Å². The molecule has 1 aliphatic heterocycles. The van der Waals surface area contributed by atoms with Gasteiger partial charge in [0.15, 0.2) is 0 Å². The fourth-order valence-corrected chi connectivity index (χ4v) is 2.92. The van der Waals surface area contributed by atoms with Gasteiger partial charge in [0.05, 0.1) is 25.9 Å². The third kappa shape index (κ3) is 5.97. The van der Waals surface area contributed by atoms with Crippen LogP contribution in [0.15, 0.2) is 30.3 Å². The second-order valence-corrected chi connectivity index (χ2v) is 6.62. The number of hydrogen-bond donors (Lipinski definition) is 2. The number of methoxy groups -OCH3 is 1. The minimum absolute atomic E-state index is 0.267. The zero-order valence-corrected chi connectivity index (χ0v) is 16.6. The number of nitrogens with zero attached hydrogens (tertiary/aromatic N) is 3. The zero-order chi connectivity index (χ0) is 20.6. The molecule has 1 aromatic carbocycles. The fraction of sp³-hybridized carbons (Fsp3) is 0.400. The molecule has 9 heteroatoms. The number of carbonyl (C=O) groups excluding carboxylic acids is 2. The topological polar surface area (TPSA) is 106 Å². The SMILES string of the molecule is COC(=O)c1ccc(NC(=O)c2cc(C)nc(NCCN3CCOCC3)n2)cc1. The summed E-state index contributed by atoms with van der Waals surface area (Å²) in [6.45, 7) is 6.69. The molecule has 0 atom stereocenters. The number of hydrogen-bond acceptors (Lipinski definition) is 8. The van der Waals surface area contributed by atoms with Crippen LogP contribution in [0.5, 0.6) is 0 Å². The molecule has 1 saturated heterocycles. The van der Waals surface area contributed by atoms with Crippen LogP contribution in [0.4, 0.5) is 11.6 Å². The average molecular weight is 399 g/mol. The van der Waals surface area contributed by atoms with Crippen molar-refractivity contribution in [1.82, 2.24) is 14.9 Å². The number of carbonyl (C=O) groups is 2. The molecule has 0 saturated carbocycles. The normalized spacial score (nSPS) is 14.3. The largest absolute Gasteiger partial charge is 0.465 e. The molecule has 1 aliphatic rings.